The molecule has 22 heavy (non-hydrogen) atoms. The van der Waals surface area contributed by atoms with Crippen molar-refractivity contribution < 1.29 is 14.6 Å². The molecule has 116 valence electrons. The van der Waals surface area contributed by atoms with Crippen molar-refractivity contribution in [1.29, 1.82) is 0 Å². The molecule has 0 aromatic heterocycles. The maximum Gasteiger partial charge on any atom is 0.410 e. The van der Waals surface area contributed by atoms with Gasteiger partial charge in [-0.05, 0) is 36.1 Å². The highest BCUT2D eigenvalue weighted by Gasteiger charge is 2.35. The van der Waals surface area contributed by atoms with E-state index in [0.29, 0.717) is 13.2 Å². The van der Waals surface area contributed by atoms with Gasteiger partial charge in [0, 0.05) is 6.54 Å². The molecular formula is C18H21NO3. The maximum atomic E-state index is 12.0. The monoisotopic (exact) mass is 299 g/mol. The molecule has 4 heteroatoms. The maximum absolute atomic E-state index is 12.0. The number of fused-ring (bicyclic) bond motifs is 1. The number of nitrogens with zero attached hydrogens (tertiary/aromatic N) is 1. The molecule has 4 nitrogen and oxygen atoms in total. The van der Waals surface area contributed by atoms with Crippen LogP contribution in [0.1, 0.15) is 31.4 Å². The topological polar surface area (TPSA) is 49.8 Å². The Labute approximate surface area is 130 Å². The first-order valence-electron chi connectivity index (χ1n) is 7.81. The van der Waals surface area contributed by atoms with Crippen LogP contribution in [0.25, 0.3) is 10.8 Å². The van der Waals surface area contributed by atoms with E-state index in [9.17, 15) is 9.90 Å². The Balaban J connectivity index is 1.91. The lowest BCUT2D eigenvalue weighted by molar-refractivity contribution is 0.0535. The van der Waals surface area contributed by atoms with E-state index in [1.54, 1.807) is 11.8 Å². The molecule has 2 atom stereocenters. The van der Waals surface area contributed by atoms with Crippen molar-refractivity contribution in [2.24, 2.45) is 0 Å². The smallest absolute Gasteiger partial charge is 0.410 e. The normalized spacial score (nSPS) is 19.4. The lowest BCUT2D eigenvalue weighted by atomic mass is 9.95. The summed E-state index contributed by atoms with van der Waals surface area (Å²) >= 11 is 0. The van der Waals surface area contributed by atoms with Crippen LogP contribution in [0.3, 0.4) is 0 Å². The highest BCUT2D eigenvalue weighted by atomic mass is 16.6. The number of benzene rings is 2. The minimum Gasteiger partial charge on any atom is -0.450 e. The van der Waals surface area contributed by atoms with Crippen LogP contribution < -0.4 is 0 Å². The van der Waals surface area contributed by atoms with Crippen molar-refractivity contribution in [2.45, 2.75) is 31.9 Å². The van der Waals surface area contributed by atoms with Crippen molar-refractivity contribution in [3.63, 3.8) is 0 Å². The van der Waals surface area contributed by atoms with Crippen molar-refractivity contribution in [2.75, 3.05) is 13.2 Å². The zero-order chi connectivity index (χ0) is 15.5. The second-order valence-corrected chi connectivity index (χ2v) is 5.62. The Kier molecular flexibility index (Phi) is 4.29. The average Bonchev–Trinajstić information content (AvgIpc) is 3.03. The molecule has 2 aromatic carbocycles. The van der Waals surface area contributed by atoms with Gasteiger partial charge in [0.05, 0.1) is 12.6 Å². The summed E-state index contributed by atoms with van der Waals surface area (Å²) in [4.78, 5) is 13.7. The molecule has 1 fully saturated rings. The molecule has 1 aliphatic rings. The second-order valence-electron chi connectivity index (χ2n) is 5.62. The van der Waals surface area contributed by atoms with Crippen molar-refractivity contribution in [3.05, 3.63) is 48.0 Å². The molecule has 2 aromatic rings. The molecule has 1 amide bonds. The van der Waals surface area contributed by atoms with Crippen LogP contribution in [-0.4, -0.2) is 35.3 Å². The summed E-state index contributed by atoms with van der Waals surface area (Å²) < 4.78 is 5.11. The fourth-order valence-electron chi connectivity index (χ4n) is 3.27. The highest BCUT2D eigenvalue weighted by Crippen LogP contribution is 2.33. The average molecular weight is 299 g/mol. The van der Waals surface area contributed by atoms with Crippen molar-refractivity contribution in [3.8, 4) is 0 Å². The van der Waals surface area contributed by atoms with Crippen LogP contribution in [0.2, 0.25) is 0 Å². The molecule has 0 bridgehead atoms. The van der Waals surface area contributed by atoms with Crippen LogP contribution in [-0.2, 0) is 4.74 Å². The van der Waals surface area contributed by atoms with E-state index in [4.69, 9.17) is 4.74 Å². The molecular weight excluding hydrogens is 278 g/mol. The van der Waals surface area contributed by atoms with E-state index in [-0.39, 0.29) is 12.1 Å². The summed E-state index contributed by atoms with van der Waals surface area (Å²) in [5.74, 6) is 0. The van der Waals surface area contributed by atoms with Gasteiger partial charge in [0.1, 0.15) is 6.10 Å². The van der Waals surface area contributed by atoms with Gasteiger partial charge in [0.25, 0.3) is 0 Å². The summed E-state index contributed by atoms with van der Waals surface area (Å²) in [6.07, 6.45) is 0.663. The number of likely N-dealkylation sites (tertiary alicyclic amines) is 1. The highest BCUT2D eigenvalue weighted by molar-refractivity contribution is 5.86. The fourth-order valence-corrected chi connectivity index (χ4v) is 3.27. The molecule has 1 heterocycles. The number of hydrogen-bond donors (Lipinski definition) is 1. The largest absolute Gasteiger partial charge is 0.450 e. The van der Waals surface area contributed by atoms with Gasteiger partial charge < -0.3 is 14.7 Å². The number of amides is 1. The van der Waals surface area contributed by atoms with Crippen molar-refractivity contribution in [1.82, 2.24) is 4.90 Å². The van der Waals surface area contributed by atoms with E-state index < -0.39 is 6.10 Å². The quantitative estimate of drug-likeness (QED) is 0.943. The molecule has 0 spiro atoms. The van der Waals surface area contributed by atoms with Crippen LogP contribution in [0.4, 0.5) is 4.79 Å². The number of aliphatic hydroxyl groups excluding tert-OH is 1. The molecule has 0 aliphatic carbocycles. The van der Waals surface area contributed by atoms with Crippen LogP contribution in [0, 0.1) is 0 Å². The van der Waals surface area contributed by atoms with Crippen LogP contribution >= 0.6 is 0 Å². The number of hydrogen-bond acceptors (Lipinski definition) is 3. The molecule has 0 radical (unpaired) electrons. The Morgan fingerprint density at radius 3 is 2.91 bits per heavy atom. The number of ether oxygens (including phenoxy) is 1. The summed E-state index contributed by atoms with van der Waals surface area (Å²) in [5.41, 5.74) is 0.874. The van der Waals surface area contributed by atoms with Crippen molar-refractivity contribution >= 4 is 16.9 Å². The van der Waals surface area contributed by atoms with E-state index in [2.05, 4.69) is 0 Å². The predicted octanol–water partition coefficient (Wildman–Crippen LogP) is 3.49. The Bertz CT molecular complexity index is 665. The number of carbonyl (C=O) groups excluding carboxylic acids is 1. The van der Waals surface area contributed by atoms with Gasteiger partial charge in [-0.2, -0.15) is 0 Å². The standard InChI is InChI=1S/C18H21NO3/c1-2-22-18(21)19-12-6-11-16(19)17(20)15-10-5-8-13-7-3-4-9-14(13)15/h3-5,7-10,16-17,20H,2,6,11-12H2,1H3/t16-,17+/m0/s1. The van der Waals surface area contributed by atoms with Gasteiger partial charge in [-0.25, -0.2) is 4.79 Å². The first-order chi connectivity index (χ1) is 10.7. The minimum absolute atomic E-state index is 0.218. The number of carbonyl (C=O) groups is 1. The van der Waals surface area contributed by atoms with E-state index >= 15 is 0 Å². The molecule has 0 saturated carbocycles. The molecule has 1 saturated heterocycles. The molecule has 3 rings (SSSR count). The first-order valence-corrected chi connectivity index (χ1v) is 7.81. The van der Waals surface area contributed by atoms with Crippen LogP contribution in [0.5, 0.6) is 0 Å². The Morgan fingerprint density at radius 1 is 1.32 bits per heavy atom. The molecule has 0 unspecified atom stereocenters. The van der Waals surface area contributed by atoms with Gasteiger partial charge in [0.15, 0.2) is 0 Å². The predicted molar refractivity (Wildman–Crippen MR) is 85.7 cm³/mol. The number of rotatable bonds is 3. The summed E-state index contributed by atoms with van der Waals surface area (Å²) in [6.45, 7) is 2.79. The third kappa shape index (κ3) is 2.66. The zero-order valence-corrected chi connectivity index (χ0v) is 12.7. The third-order valence-electron chi connectivity index (χ3n) is 4.31. The molecule has 1 aliphatic heterocycles. The number of aliphatic hydroxyl groups is 1. The second kappa shape index (κ2) is 6.36. The van der Waals surface area contributed by atoms with Crippen LogP contribution in [0.15, 0.2) is 42.5 Å². The fraction of sp³-hybridized carbons (Fsp3) is 0.389. The first kappa shape index (κ1) is 14.9. The molecule has 1 N–H and O–H groups in total. The van der Waals surface area contributed by atoms with Gasteiger partial charge in [-0.1, -0.05) is 42.5 Å². The van der Waals surface area contributed by atoms with E-state index in [1.807, 2.05) is 42.5 Å². The van der Waals surface area contributed by atoms with Gasteiger partial charge in [-0.15, -0.1) is 0 Å². The van der Waals surface area contributed by atoms with Gasteiger partial charge in [-0.3, -0.25) is 0 Å². The summed E-state index contributed by atoms with van der Waals surface area (Å²) in [5, 5.41) is 13.0. The SMILES string of the molecule is CCOC(=O)N1CCC[C@H]1[C@H](O)c1cccc2ccccc12. The summed E-state index contributed by atoms with van der Waals surface area (Å²) in [7, 11) is 0. The Hall–Kier alpha value is -2.07. The zero-order valence-electron chi connectivity index (χ0n) is 12.7. The summed E-state index contributed by atoms with van der Waals surface area (Å²) in [6, 6.07) is 13.7. The lowest BCUT2D eigenvalue weighted by Gasteiger charge is -2.28. The van der Waals surface area contributed by atoms with Gasteiger partial charge in [0.2, 0.25) is 0 Å². The Morgan fingerprint density at radius 2 is 2.09 bits per heavy atom. The van der Waals surface area contributed by atoms with E-state index in [1.165, 1.54) is 0 Å². The minimum atomic E-state index is -0.696. The lowest BCUT2D eigenvalue weighted by Crippen LogP contribution is -2.39. The van der Waals surface area contributed by atoms with Gasteiger partial charge >= 0.3 is 6.09 Å². The van der Waals surface area contributed by atoms with E-state index in [0.717, 1.165) is 29.2 Å². The third-order valence-corrected chi connectivity index (χ3v) is 4.31.